The average molecular weight is 519 g/mol. The number of hydrogen-bond acceptors (Lipinski definition) is 10. The minimum atomic E-state index is -3.79. The van der Waals surface area contributed by atoms with Crippen molar-refractivity contribution in [2.45, 2.75) is 11.3 Å². The van der Waals surface area contributed by atoms with Crippen LogP contribution in [-0.2, 0) is 25.9 Å². The van der Waals surface area contributed by atoms with E-state index in [9.17, 15) is 13.2 Å². The molecule has 2 heterocycles. The van der Waals surface area contributed by atoms with Crippen molar-refractivity contribution >= 4 is 21.9 Å². The number of nitrogens with zero attached hydrogens (tertiary/aromatic N) is 3. The molecule has 1 aliphatic heterocycles. The van der Waals surface area contributed by atoms with Crippen LogP contribution in [-0.4, -0.2) is 76.1 Å². The van der Waals surface area contributed by atoms with Gasteiger partial charge >= 0.3 is 6.01 Å². The van der Waals surface area contributed by atoms with E-state index in [2.05, 4.69) is 15.5 Å². The van der Waals surface area contributed by atoms with Crippen molar-refractivity contribution in [1.82, 2.24) is 14.5 Å². The number of amides is 1. The van der Waals surface area contributed by atoms with Crippen LogP contribution >= 0.6 is 0 Å². The summed E-state index contributed by atoms with van der Waals surface area (Å²) in [6.45, 7) is 1.02. The Hall–Kier alpha value is -3.52. The molecule has 192 valence electrons. The second-order valence-corrected chi connectivity index (χ2v) is 9.67. The van der Waals surface area contributed by atoms with Crippen LogP contribution in [0, 0.1) is 0 Å². The fourth-order valence-electron chi connectivity index (χ4n) is 3.44. The zero-order chi connectivity index (χ0) is 25.5. The molecule has 1 N–H and O–H groups in total. The molecule has 3 aromatic rings. The Morgan fingerprint density at radius 2 is 1.69 bits per heavy atom. The highest BCUT2D eigenvalue weighted by atomic mass is 32.2. The normalized spacial score (nSPS) is 12.8. The topological polar surface area (TPSA) is 142 Å². The summed E-state index contributed by atoms with van der Waals surface area (Å²) in [6, 6.07) is 11.0. The van der Waals surface area contributed by atoms with Gasteiger partial charge in [-0.25, -0.2) is 8.42 Å². The fraction of sp³-hybridized carbons (Fsp3) is 0.348. The summed E-state index contributed by atoms with van der Waals surface area (Å²) in [5.41, 5.74) is 1.10. The van der Waals surface area contributed by atoms with E-state index in [1.54, 1.807) is 6.07 Å². The first-order valence-electron chi connectivity index (χ1n) is 11.0. The molecule has 36 heavy (non-hydrogen) atoms. The van der Waals surface area contributed by atoms with E-state index in [4.69, 9.17) is 23.4 Å². The molecule has 0 unspecified atom stereocenters. The van der Waals surface area contributed by atoms with Gasteiger partial charge in [0.05, 0.1) is 24.5 Å². The summed E-state index contributed by atoms with van der Waals surface area (Å²) in [5.74, 6) is 1.10. The SMILES string of the molecule is COCCN(CCOC)S(=O)(=O)c1ccc(C(=O)Nc2nnc(Cc3ccc4c(c3)OCO4)o2)cc1. The van der Waals surface area contributed by atoms with Crippen LogP contribution in [0.25, 0.3) is 0 Å². The quantitative estimate of drug-likeness (QED) is 0.378. The van der Waals surface area contributed by atoms with E-state index in [0.717, 1.165) is 5.56 Å². The molecule has 0 fully saturated rings. The number of nitrogens with one attached hydrogen (secondary N) is 1. The number of hydrogen-bond donors (Lipinski definition) is 1. The number of aromatic nitrogens is 2. The van der Waals surface area contributed by atoms with E-state index in [-0.39, 0.29) is 49.6 Å². The van der Waals surface area contributed by atoms with Gasteiger partial charge in [-0.1, -0.05) is 11.2 Å². The molecular formula is C23H26N4O8S. The molecule has 0 saturated carbocycles. The first-order valence-corrected chi connectivity index (χ1v) is 12.4. The second-order valence-electron chi connectivity index (χ2n) is 7.73. The number of sulfonamides is 1. The van der Waals surface area contributed by atoms with Crippen LogP contribution in [0.2, 0.25) is 0 Å². The molecule has 0 atom stereocenters. The summed E-state index contributed by atoms with van der Waals surface area (Å²) in [7, 11) is -0.797. The van der Waals surface area contributed by atoms with Gasteiger partial charge in [0.25, 0.3) is 5.91 Å². The molecule has 0 aliphatic carbocycles. The molecule has 0 saturated heterocycles. The van der Waals surface area contributed by atoms with Crippen LogP contribution in [0.5, 0.6) is 11.5 Å². The fourth-order valence-corrected chi connectivity index (χ4v) is 4.84. The van der Waals surface area contributed by atoms with Gasteiger partial charge in [0.2, 0.25) is 22.7 Å². The summed E-state index contributed by atoms with van der Waals surface area (Å²) >= 11 is 0. The molecule has 1 aromatic heterocycles. The van der Waals surface area contributed by atoms with E-state index >= 15 is 0 Å². The third-order valence-electron chi connectivity index (χ3n) is 5.32. The molecule has 0 bridgehead atoms. The largest absolute Gasteiger partial charge is 0.454 e. The van der Waals surface area contributed by atoms with E-state index in [0.29, 0.717) is 23.8 Å². The van der Waals surface area contributed by atoms with Crippen molar-refractivity contribution < 1.29 is 36.6 Å². The predicted molar refractivity (Wildman–Crippen MR) is 127 cm³/mol. The monoisotopic (exact) mass is 518 g/mol. The van der Waals surface area contributed by atoms with E-state index in [1.807, 2.05) is 12.1 Å². The van der Waals surface area contributed by atoms with Crippen molar-refractivity contribution in [3.05, 3.63) is 59.5 Å². The summed E-state index contributed by atoms with van der Waals surface area (Å²) < 4.78 is 53.5. The minimum absolute atomic E-state index is 0.0510. The molecule has 1 amide bonds. The number of carbonyl (C=O) groups excluding carboxylic acids is 1. The Labute approximate surface area is 208 Å². The number of rotatable bonds is 12. The number of methoxy groups -OCH3 is 2. The van der Waals surface area contributed by atoms with Crippen LogP contribution in [0.15, 0.2) is 51.8 Å². The Bertz CT molecular complexity index is 1290. The van der Waals surface area contributed by atoms with Crippen molar-refractivity contribution in [2.75, 3.05) is 52.6 Å². The maximum Gasteiger partial charge on any atom is 0.322 e. The van der Waals surface area contributed by atoms with Gasteiger partial charge in [0, 0.05) is 32.9 Å². The number of carbonyl (C=O) groups is 1. The molecule has 1 aliphatic rings. The Morgan fingerprint density at radius 3 is 2.39 bits per heavy atom. The van der Waals surface area contributed by atoms with Crippen LogP contribution in [0.1, 0.15) is 21.8 Å². The van der Waals surface area contributed by atoms with E-state index < -0.39 is 15.9 Å². The maximum absolute atomic E-state index is 13.0. The molecule has 2 aromatic carbocycles. The highest BCUT2D eigenvalue weighted by Gasteiger charge is 2.24. The molecule has 0 spiro atoms. The van der Waals surface area contributed by atoms with Gasteiger partial charge in [-0.2, -0.15) is 4.31 Å². The Balaban J connectivity index is 1.39. The lowest BCUT2D eigenvalue weighted by Crippen LogP contribution is -2.36. The second kappa shape index (κ2) is 11.5. The standard InChI is InChI=1S/C23H26N4O8S/c1-31-11-9-27(10-12-32-2)36(29,30)18-6-4-17(5-7-18)22(28)24-23-26-25-21(35-23)14-16-3-8-19-20(13-16)34-15-33-19/h3-8,13H,9-12,14-15H2,1-2H3,(H,24,26,28). The highest BCUT2D eigenvalue weighted by molar-refractivity contribution is 7.89. The number of benzene rings is 2. The van der Waals surface area contributed by atoms with Crippen molar-refractivity contribution in [1.29, 1.82) is 0 Å². The average Bonchev–Trinajstić information content (AvgIpc) is 3.53. The van der Waals surface area contributed by atoms with Crippen LogP contribution in [0.4, 0.5) is 6.01 Å². The first kappa shape index (κ1) is 25.6. The number of ether oxygens (including phenoxy) is 4. The van der Waals surface area contributed by atoms with Gasteiger partial charge in [0.1, 0.15) is 0 Å². The third-order valence-corrected chi connectivity index (χ3v) is 7.24. The van der Waals surface area contributed by atoms with E-state index in [1.165, 1.54) is 42.8 Å². The lowest BCUT2D eigenvalue weighted by atomic mass is 10.1. The highest BCUT2D eigenvalue weighted by Crippen LogP contribution is 2.33. The summed E-state index contributed by atoms with van der Waals surface area (Å²) in [5, 5.41) is 10.3. The van der Waals surface area contributed by atoms with Crippen molar-refractivity contribution in [2.24, 2.45) is 0 Å². The molecular weight excluding hydrogens is 492 g/mol. The van der Waals surface area contributed by atoms with Gasteiger partial charge in [-0.05, 0) is 42.0 Å². The van der Waals surface area contributed by atoms with Gasteiger partial charge < -0.3 is 23.4 Å². The van der Waals surface area contributed by atoms with Crippen molar-refractivity contribution in [3.63, 3.8) is 0 Å². The molecule has 13 heteroatoms. The first-order chi connectivity index (χ1) is 17.4. The molecule has 4 rings (SSSR count). The third kappa shape index (κ3) is 5.99. The number of anilines is 1. The van der Waals surface area contributed by atoms with Crippen molar-refractivity contribution in [3.8, 4) is 11.5 Å². The summed E-state index contributed by atoms with van der Waals surface area (Å²) in [6.07, 6.45) is 0.342. The summed E-state index contributed by atoms with van der Waals surface area (Å²) in [4.78, 5) is 12.7. The van der Waals surface area contributed by atoms with Crippen LogP contribution in [0.3, 0.4) is 0 Å². The zero-order valence-electron chi connectivity index (χ0n) is 19.8. The molecule has 12 nitrogen and oxygen atoms in total. The predicted octanol–water partition coefficient (Wildman–Crippen LogP) is 1.92. The smallest absolute Gasteiger partial charge is 0.322 e. The molecule has 0 radical (unpaired) electrons. The Morgan fingerprint density at radius 1 is 1.00 bits per heavy atom. The maximum atomic E-state index is 13.0. The van der Waals surface area contributed by atoms with Gasteiger partial charge in [0.15, 0.2) is 11.5 Å². The van der Waals surface area contributed by atoms with Crippen LogP contribution < -0.4 is 14.8 Å². The zero-order valence-corrected chi connectivity index (χ0v) is 20.6. The lowest BCUT2D eigenvalue weighted by Gasteiger charge is -2.21. The van der Waals surface area contributed by atoms with Gasteiger partial charge in [-0.15, -0.1) is 5.10 Å². The Kier molecular flexibility index (Phi) is 8.15. The minimum Gasteiger partial charge on any atom is -0.454 e. The van der Waals surface area contributed by atoms with Gasteiger partial charge in [-0.3, -0.25) is 10.1 Å². The number of fused-ring (bicyclic) bond motifs is 1. The lowest BCUT2D eigenvalue weighted by molar-refractivity contribution is 0.102.